The normalized spacial score (nSPS) is 38.6. The Balaban J connectivity index is 1.71. The maximum absolute atomic E-state index is 12.7. The predicted molar refractivity (Wildman–Crippen MR) is 71.9 cm³/mol. The molecule has 5 nitrogen and oxygen atoms in total. The van der Waals surface area contributed by atoms with Gasteiger partial charge in [0.15, 0.2) is 0 Å². The molecule has 2 fully saturated rings. The highest BCUT2D eigenvalue weighted by Gasteiger charge is 2.53. The number of methoxy groups -OCH3 is 1. The number of hydrogen-bond acceptors (Lipinski definition) is 3. The summed E-state index contributed by atoms with van der Waals surface area (Å²) in [6.45, 7) is 2.11. The molecule has 0 spiro atoms. The van der Waals surface area contributed by atoms with E-state index < -0.39 is 11.9 Å². The van der Waals surface area contributed by atoms with Crippen molar-refractivity contribution in [3.63, 3.8) is 0 Å². The van der Waals surface area contributed by atoms with Crippen LogP contribution in [0.15, 0.2) is 12.2 Å². The van der Waals surface area contributed by atoms with E-state index in [0.29, 0.717) is 19.1 Å². The van der Waals surface area contributed by atoms with Crippen LogP contribution < -0.4 is 0 Å². The molecule has 0 aromatic rings. The Morgan fingerprint density at radius 2 is 2.00 bits per heavy atom. The molecule has 1 N–H and O–H groups in total. The lowest BCUT2D eigenvalue weighted by molar-refractivity contribution is -0.150. The highest BCUT2D eigenvalue weighted by atomic mass is 16.5. The first kappa shape index (κ1) is 13.6. The summed E-state index contributed by atoms with van der Waals surface area (Å²) in [5.41, 5.74) is 0. The molecule has 5 heteroatoms. The largest absolute Gasteiger partial charge is 0.481 e. The quantitative estimate of drug-likeness (QED) is 0.780. The van der Waals surface area contributed by atoms with E-state index in [2.05, 4.69) is 0 Å². The first-order chi connectivity index (χ1) is 9.61. The van der Waals surface area contributed by atoms with Gasteiger partial charge in [0.2, 0.25) is 5.91 Å². The van der Waals surface area contributed by atoms with Gasteiger partial charge in [-0.2, -0.15) is 0 Å². The summed E-state index contributed by atoms with van der Waals surface area (Å²) >= 11 is 0. The number of rotatable bonds is 4. The molecule has 0 radical (unpaired) electrons. The van der Waals surface area contributed by atoms with Crippen LogP contribution in [-0.4, -0.2) is 48.7 Å². The smallest absolute Gasteiger partial charge is 0.307 e. The Bertz CT molecular complexity index is 447. The van der Waals surface area contributed by atoms with Crippen LogP contribution in [0.3, 0.4) is 0 Å². The van der Waals surface area contributed by atoms with Crippen LogP contribution in [0.2, 0.25) is 0 Å². The number of carboxylic acid groups (broad SMARTS) is 1. The van der Waals surface area contributed by atoms with E-state index in [4.69, 9.17) is 4.74 Å². The molecule has 20 heavy (non-hydrogen) atoms. The van der Waals surface area contributed by atoms with Crippen LogP contribution in [0.25, 0.3) is 0 Å². The van der Waals surface area contributed by atoms with Crippen molar-refractivity contribution in [2.24, 2.45) is 29.6 Å². The van der Waals surface area contributed by atoms with Gasteiger partial charge < -0.3 is 14.7 Å². The highest BCUT2D eigenvalue weighted by molar-refractivity contribution is 5.87. The molecular formula is C15H21NO4. The third kappa shape index (κ3) is 2.14. The molecule has 1 amide bonds. The number of amides is 1. The van der Waals surface area contributed by atoms with Gasteiger partial charge in [0.05, 0.1) is 18.4 Å². The molecule has 2 bridgehead atoms. The lowest BCUT2D eigenvalue weighted by Gasteiger charge is -2.28. The number of carbonyl (C=O) groups excluding carboxylic acids is 1. The zero-order chi connectivity index (χ0) is 14.3. The number of ether oxygens (including phenoxy) is 1. The minimum Gasteiger partial charge on any atom is -0.481 e. The number of allylic oxidation sites excluding steroid dienone is 2. The van der Waals surface area contributed by atoms with Crippen LogP contribution in [0.5, 0.6) is 0 Å². The molecule has 1 saturated carbocycles. The number of likely N-dealkylation sites (tertiary alicyclic amines) is 1. The molecule has 3 aliphatic rings. The zero-order valence-corrected chi connectivity index (χ0v) is 11.7. The Hall–Kier alpha value is -1.36. The monoisotopic (exact) mass is 279 g/mol. The molecule has 5 atom stereocenters. The number of fused-ring (bicyclic) bond motifs is 2. The lowest BCUT2D eigenvalue weighted by Crippen LogP contribution is -2.42. The van der Waals surface area contributed by atoms with Gasteiger partial charge in [-0.25, -0.2) is 0 Å². The van der Waals surface area contributed by atoms with Crippen LogP contribution in [0.4, 0.5) is 0 Å². The number of aliphatic carboxylic acids is 1. The molecule has 3 rings (SSSR count). The summed E-state index contributed by atoms with van der Waals surface area (Å²) in [6, 6.07) is 0. The van der Waals surface area contributed by atoms with Crippen LogP contribution >= 0.6 is 0 Å². The van der Waals surface area contributed by atoms with E-state index in [-0.39, 0.29) is 23.7 Å². The Labute approximate surface area is 118 Å². The fraction of sp³-hybridized carbons (Fsp3) is 0.733. The lowest BCUT2D eigenvalue weighted by atomic mass is 9.82. The molecule has 2 aliphatic carbocycles. The fourth-order valence-electron chi connectivity index (χ4n) is 4.11. The van der Waals surface area contributed by atoms with Gasteiger partial charge in [0.1, 0.15) is 0 Å². The predicted octanol–water partition coefficient (Wildman–Crippen LogP) is 1.00. The molecule has 0 aromatic heterocycles. The maximum atomic E-state index is 12.7. The van der Waals surface area contributed by atoms with Crippen molar-refractivity contribution in [1.82, 2.24) is 4.90 Å². The number of carboxylic acids is 1. The Kier molecular flexibility index (Phi) is 3.54. The molecule has 0 aromatic carbocycles. The second-order valence-corrected chi connectivity index (χ2v) is 6.23. The van der Waals surface area contributed by atoms with Gasteiger partial charge in [0.25, 0.3) is 0 Å². The van der Waals surface area contributed by atoms with Crippen molar-refractivity contribution in [3.05, 3.63) is 12.2 Å². The molecule has 3 unspecified atom stereocenters. The molecule has 1 aliphatic heterocycles. The second-order valence-electron chi connectivity index (χ2n) is 6.23. The molecular weight excluding hydrogens is 258 g/mol. The number of hydrogen-bond donors (Lipinski definition) is 1. The van der Waals surface area contributed by atoms with Crippen molar-refractivity contribution in [2.75, 3.05) is 26.8 Å². The standard InChI is InChI=1S/C15H21NO4/c1-20-8-9-4-5-16(7-9)14(17)12-10-2-3-11(6-10)13(12)15(18)19/h2-3,9-13H,4-8H2,1H3,(H,18,19)/t9?,10?,11?,12-,13+/m0/s1. The van der Waals surface area contributed by atoms with Gasteiger partial charge in [-0.1, -0.05) is 12.2 Å². The van der Waals surface area contributed by atoms with Crippen LogP contribution in [0, 0.1) is 29.6 Å². The van der Waals surface area contributed by atoms with Crippen molar-refractivity contribution in [2.45, 2.75) is 12.8 Å². The summed E-state index contributed by atoms with van der Waals surface area (Å²) in [4.78, 5) is 26.0. The molecule has 1 saturated heterocycles. The van der Waals surface area contributed by atoms with Crippen molar-refractivity contribution in [1.29, 1.82) is 0 Å². The summed E-state index contributed by atoms with van der Waals surface area (Å²) < 4.78 is 5.14. The second kappa shape index (κ2) is 5.20. The number of nitrogens with zero attached hydrogens (tertiary/aromatic N) is 1. The van der Waals surface area contributed by atoms with Gasteiger partial charge in [-0.05, 0) is 24.7 Å². The van der Waals surface area contributed by atoms with Gasteiger partial charge in [0, 0.05) is 26.1 Å². The SMILES string of the molecule is COCC1CCN(C(=O)[C@H]2C3C=CC(C3)[C@H]2C(=O)O)C1. The first-order valence-corrected chi connectivity index (χ1v) is 7.30. The number of carbonyl (C=O) groups is 2. The van der Waals surface area contributed by atoms with Crippen molar-refractivity contribution in [3.8, 4) is 0 Å². The summed E-state index contributed by atoms with van der Waals surface area (Å²) in [5.74, 6) is -1.12. The zero-order valence-electron chi connectivity index (χ0n) is 11.7. The maximum Gasteiger partial charge on any atom is 0.307 e. The molecule has 110 valence electrons. The van der Waals surface area contributed by atoms with E-state index in [1.165, 1.54) is 0 Å². The topological polar surface area (TPSA) is 66.8 Å². The summed E-state index contributed by atoms with van der Waals surface area (Å²) in [7, 11) is 1.67. The first-order valence-electron chi connectivity index (χ1n) is 7.30. The van der Waals surface area contributed by atoms with Crippen LogP contribution in [0.1, 0.15) is 12.8 Å². The van der Waals surface area contributed by atoms with E-state index >= 15 is 0 Å². The highest BCUT2D eigenvalue weighted by Crippen LogP contribution is 2.49. The average molecular weight is 279 g/mol. The minimum absolute atomic E-state index is 0.0350. The van der Waals surface area contributed by atoms with Gasteiger partial charge >= 0.3 is 5.97 Å². The van der Waals surface area contributed by atoms with Crippen molar-refractivity contribution >= 4 is 11.9 Å². The summed E-state index contributed by atoms with van der Waals surface area (Å²) in [6.07, 6.45) is 5.79. The van der Waals surface area contributed by atoms with E-state index in [1.807, 2.05) is 17.1 Å². The minimum atomic E-state index is -0.826. The average Bonchev–Trinajstić information content (AvgIpc) is 3.12. The Morgan fingerprint density at radius 3 is 2.65 bits per heavy atom. The summed E-state index contributed by atoms with van der Waals surface area (Å²) in [5, 5.41) is 9.41. The van der Waals surface area contributed by atoms with E-state index in [0.717, 1.165) is 19.4 Å². The van der Waals surface area contributed by atoms with E-state index in [9.17, 15) is 14.7 Å². The van der Waals surface area contributed by atoms with Gasteiger partial charge in [-0.3, -0.25) is 9.59 Å². The van der Waals surface area contributed by atoms with Gasteiger partial charge in [-0.15, -0.1) is 0 Å². The van der Waals surface area contributed by atoms with E-state index in [1.54, 1.807) is 7.11 Å². The molecule has 1 heterocycles. The fourth-order valence-corrected chi connectivity index (χ4v) is 4.11. The van der Waals surface area contributed by atoms with Crippen molar-refractivity contribution < 1.29 is 19.4 Å². The Morgan fingerprint density at radius 1 is 1.30 bits per heavy atom. The third-order valence-corrected chi connectivity index (χ3v) is 5.03. The third-order valence-electron chi connectivity index (χ3n) is 5.03. The van der Waals surface area contributed by atoms with Crippen LogP contribution in [-0.2, 0) is 14.3 Å².